The van der Waals surface area contributed by atoms with Gasteiger partial charge >= 0.3 is 5.97 Å². The first kappa shape index (κ1) is 14.9. The molecule has 0 aliphatic heterocycles. The molecule has 5 nitrogen and oxygen atoms in total. The maximum Gasteiger partial charge on any atom is 0.328 e. The highest BCUT2D eigenvalue weighted by molar-refractivity contribution is 5.95. The molecule has 0 heterocycles. The van der Waals surface area contributed by atoms with Crippen molar-refractivity contribution in [2.75, 3.05) is 20.3 Å². The average Bonchev–Trinajstić information content (AvgIpc) is 2.41. The number of carboxylic acids is 1. The molecule has 0 atom stereocenters. The number of benzene rings is 1. The van der Waals surface area contributed by atoms with Crippen molar-refractivity contribution in [3.05, 3.63) is 41.5 Å². The van der Waals surface area contributed by atoms with Crippen molar-refractivity contribution in [3.63, 3.8) is 0 Å². The van der Waals surface area contributed by atoms with E-state index in [1.807, 2.05) is 0 Å². The number of carbonyl (C=O) groups is 2. The van der Waals surface area contributed by atoms with Gasteiger partial charge in [-0.25, -0.2) is 4.79 Å². The third kappa shape index (κ3) is 5.83. The fourth-order valence-electron chi connectivity index (χ4n) is 1.47. The van der Waals surface area contributed by atoms with Gasteiger partial charge in [0.2, 0.25) is 0 Å². The topological polar surface area (TPSA) is 75.6 Å². The molecular weight excluding hydrogens is 246 g/mol. The van der Waals surface area contributed by atoms with Gasteiger partial charge in [-0.05, 0) is 30.2 Å². The Kier molecular flexibility index (Phi) is 6.32. The van der Waals surface area contributed by atoms with E-state index in [0.29, 0.717) is 24.3 Å². The molecule has 0 aliphatic rings. The van der Waals surface area contributed by atoms with Crippen molar-refractivity contribution >= 4 is 18.0 Å². The van der Waals surface area contributed by atoms with Crippen LogP contribution in [0.2, 0.25) is 0 Å². The zero-order valence-corrected chi connectivity index (χ0v) is 10.8. The number of carboxylic acid groups (broad SMARTS) is 1. The molecule has 0 fully saturated rings. The van der Waals surface area contributed by atoms with E-state index in [0.717, 1.165) is 12.5 Å². The number of aliphatic carboxylic acids is 1. The smallest absolute Gasteiger partial charge is 0.328 e. The lowest BCUT2D eigenvalue weighted by atomic mass is 10.1. The van der Waals surface area contributed by atoms with E-state index in [1.54, 1.807) is 31.4 Å². The Bertz CT molecular complexity index is 468. The van der Waals surface area contributed by atoms with Crippen LogP contribution in [0, 0.1) is 0 Å². The molecule has 0 aromatic heterocycles. The molecular formula is C14H17NO4. The summed E-state index contributed by atoms with van der Waals surface area (Å²) in [4.78, 5) is 22.2. The first-order valence-corrected chi connectivity index (χ1v) is 5.91. The summed E-state index contributed by atoms with van der Waals surface area (Å²) in [7, 11) is 1.61. The zero-order chi connectivity index (χ0) is 14.1. The van der Waals surface area contributed by atoms with Gasteiger partial charge in [-0.2, -0.15) is 0 Å². The molecule has 0 radical (unpaired) electrons. The molecule has 0 saturated heterocycles. The van der Waals surface area contributed by atoms with Crippen LogP contribution in [0.5, 0.6) is 0 Å². The van der Waals surface area contributed by atoms with Crippen molar-refractivity contribution < 1.29 is 19.4 Å². The van der Waals surface area contributed by atoms with E-state index in [1.165, 1.54) is 6.08 Å². The van der Waals surface area contributed by atoms with Gasteiger partial charge in [-0.1, -0.05) is 12.1 Å². The van der Waals surface area contributed by atoms with E-state index in [9.17, 15) is 9.59 Å². The molecule has 1 amide bonds. The molecule has 0 aliphatic carbocycles. The lowest BCUT2D eigenvalue weighted by Gasteiger charge is -2.05. The van der Waals surface area contributed by atoms with E-state index in [4.69, 9.17) is 9.84 Å². The molecule has 0 spiro atoms. The molecule has 1 rings (SSSR count). The van der Waals surface area contributed by atoms with Gasteiger partial charge in [-0.15, -0.1) is 0 Å². The standard InChI is InChI=1S/C14H17NO4/c1-19-9-3-8-15-14(18)12-5-2-4-11(10-12)6-7-13(16)17/h2,4-7,10H,3,8-9H2,1H3,(H,15,18)(H,16,17). The zero-order valence-electron chi connectivity index (χ0n) is 10.8. The Morgan fingerprint density at radius 3 is 2.89 bits per heavy atom. The number of hydrogen-bond donors (Lipinski definition) is 2. The number of carbonyl (C=O) groups excluding carboxylic acids is 1. The summed E-state index contributed by atoms with van der Waals surface area (Å²) in [6, 6.07) is 6.78. The second kappa shape index (κ2) is 8.05. The van der Waals surface area contributed by atoms with Crippen molar-refractivity contribution in [3.8, 4) is 0 Å². The minimum Gasteiger partial charge on any atom is -0.478 e. The number of methoxy groups -OCH3 is 1. The highest BCUT2D eigenvalue weighted by Crippen LogP contribution is 2.07. The molecule has 19 heavy (non-hydrogen) atoms. The SMILES string of the molecule is COCCCNC(=O)c1cccc(C=CC(=O)O)c1. The van der Waals surface area contributed by atoms with Crippen molar-refractivity contribution in [2.45, 2.75) is 6.42 Å². The van der Waals surface area contributed by atoms with E-state index < -0.39 is 5.97 Å². The molecule has 102 valence electrons. The van der Waals surface area contributed by atoms with Crippen LogP contribution in [0.15, 0.2) is 30.3 Å². The highest BCUT2D eigenvalue weighted by atomic mass is 16.5. The van der Waals surface area contributed by atoms with Crippen LogP contribution in [-0.2, 0) is 9.53 Å². The lowest BCUT2D eigenvalue weighted by Crippen LogP contribution is -2.25. The van der Waals surface area contributed by atoms with Gasteiger partial charge in [0.15, 0.2) is 0 Å². The summed E-state index contributed by atoms with van der Waals surface area (Å²) >= 11 is 0. The Labute approximate surface area is 111 Å². The second-order valence-electron chi connectivity index (χ2n) is 3.90. The number of amides is 1. The number of rotatable bonds is 7. The molecule has 2 N–H and O–H groups in total. The summed E-state index contributed by atoms with van der Waals surface area (Å²) in [5.74, 6) is -1.20. The normalized spacial score (nSPS) is 10.6. The molecule has 0 unspecified atom stereocenters. The van der Waals surface area contributed by atoms with Crippen LogP contribution in [0.1, 0.15) is 22.3 Å². The van der Waals surface area contributed by atoms with Crippen molar-refractivity contribution in [1.82, 2.24) is 5.32 Å². The Balaban J connectivity index is 2.60. The number of ether oxygens (including phenoxy) is 1. The fraction of sp³-hybridized carbons (Fsp3) is 0.286. The van der Waals surface area contributed by atoms with Crippen molar-refractivity contribution in [1.29, 1.82) is 0 Å². The summed E-state index contributed by atoms with van der Waals surface area (Å²) < 4.78 is 4.89. The third-order valence-electron chi connectivity index (χ3n) is 2.38. The van der Waals surface area contributed by atoms with Gasteiger partial charge < -0.3 is 15.2 Å². The molecule has 1 aromatic rings. The Hall–Kier alpha value is -2.14. The van der Waals surface area contributed by atoms with Crippen LogP contribution in [0.25, 0.3) is 6.08 Å². The predicted octanol–water partition coefficient (Wildman–Crippen LogP) is 1.55. The van der Waals surface area contributed by atoms with Crippen LogP contribution in [0.3, 0.4) is 0 Å². The summed E-state index contributed by atoms with van der Waals surface area (Å²) in [6.07, 6.45) is 3.24. The quantitative estimate of drug-likeness (QED) is 0.578. The second-order valence-corrected chi connectivity index (χ2v) is 3.90. The highest BCUT2D eigenvalue weighted by Gasteiger charge is 2.04. The summed E-state index contributed by atoms with van der Waals surface area (Å²) in [5, 5.41) is 11.3. The minimum atomic E-state index is -1.02. The van der Waals surface area contributed by atoms with Crippen molar-refractivity contribution in [2.24, 2.45) is 0 Å². The molecule has 0 bridgehead atoms. The van der Waals surface area contributed by atoms with Gasteiger partial charge in [0.1, 0.15) is 0 Å². The summed E-state index contributed by atoms with van der Waals surface area (Å²) in [6.45, 7) is 1.14. The average molecular weight is 263 g/mol. The fourth-order valence-corrected chi connectivity index (χ4v) is 1.47. The van der Waals surface area contributed by atoms with E-state index >= 15 is 0 Å². The number of nitrogens with one attached hydrogen (secondary N) is 1. The Morgan fingerprint density at radius 1 is 1.42 bits per heavy atom. The first-order chi connectivity index (χ1) is 9.13. The van der Waals surface area contributed by atoms with Gasteiger partial charge in [0.05, 0.1) is 0 Å². The monoisotopic (exact) mass is 263 g/mol. The van der Waals surface area contributed by atoms with Gasteiger partial charge in [0.25, 0.3) is 5.91 Å². The molecule has 5 heteroatoms. The summed E-state index contributed by atoms with van der Waals surface area (Å²) in [5.41, 5.74) is 1.18. The van der Waals surface area contributed by atoms with Crippen LogP contribution in [-0.4, -0.2) is 37.2 Å². The third-order valence-corrected chi connectivity index (χ3v) is 2.38. The lowest BCUT2D eigenvalue weighted by molar-refractivity contribution is -0.131. The largest absolute Gasteiger partial charge is 0.478 e. The van der Waals surface area contributed by atoms with Crippen LogP contribution >= 0.6 is 0 Å². The van der Waals surface area contributed by atoms with Crippen LogP contribution < -0.4 is 5.32 Å². The molecule has 1 aromatic carbocycles. The van der Waals surface area contributed by atoms with Crippen LogP contribution in [0.4, 0.5) is 0 Å². The molecule has 0 saturated carbocycles. The maximum atomic E-state index is 11.8. The van der Waals surface area contributed by atoms with E-state index in [2.05, 4.69) is 5.32 Å². The first-order valence-electron chi connectivity index (χ1n) is 5.91. The van der Waals surface area contributed by atoms with Gasteiger partial charge in [0, 0.05) is 31.9 Å². The minimum absolute atomic E-state index is 0.179. The number of hydrogen-bond acceptors (Lipinski definition) is 3. The maximum absolute atomic E-state index is 11.8. The predicted molar refractivity (Wildman–Crippen MR) is 71.9 cm³/mol. The van der Waals surface area contributed by atoms with E-state index in [-0.39, 0.29) is 5.91 Å². The van der Waals surface area contributed by atoms with Gasteiger partial charge in [-0.3, -0.25) is 4.79 Å². The Morgan fingerprint density at radius 2 is 2.21 bits per heavy atom.